The van der Waals surface area contributed by atoms with E-state index in [0.29, 0.717) is 12.1 Å². The van der Waals surface area contributed by atoms with Crippen LogP contribution in [0.15, 0.2) is 66.2 Å². The molecule has 3 rings (SSSR count). The third-order valence-corrected chi connectivity index (χ3v) is 4.99. The van der Waals surface area contributed by atoms with Crippen molar-refractivity contribution in [1.29, 1.82) is 0 Å². The SMILES string of the molecule is CN(CCCNC(=O)c1ccnc(-c2cccs2)c1)Cc1ccccc1. The van der Waals surface area contributed by atoms with Gasteiger partial charge in [-0.15, -0.1) is 11.3 Å². The van der Waals surface area contributed by atoms with E-state index in [4.69, 9.17) is 0 Å². The molecule has 0 atom stereocenters. The Morgan fingerprint density at radius 2 is 2.00 bits per heavy atom. The van der Waals surface area contributed by atoms with Crippen molar-refractivity contribution in [2.24, 2.45) is 0 Å². The lowest BCUT2D eigenvalue weighted by atomic mass is 10.2. The maximum atomic E-state index is 12.4. The predicted molar refractivity (Wildman–Crippen MR) is 107 cm³/mol. The van der Waals surface area contributed by atoms with Crippen LogP contribution in [-0.4, -0.2) is 35.9 Å². The normalized spacial score (nSPS) is 10.8. The minimum Gasteiger partial charge on any atom is -0.352 e. The first kappa shape index (κ1) is 18.3. The highest BCUT2D eigenvalue weighted by atomic mass is 32.1. The van der Waals surface area contributed by atoms with Crippen LogP contribution in [0.4, 0.5) is 0 Å². The molecular weight excluding hydrogens is 342 g/mol. The minimum atomic E-state index is -0.0454. The fourth-order valence-corrected chi connectivity index (χ4v) is 3.45. The van der Waals surface area contributed by atoms with Crippen molar-refractivity contribution >= 4 is 17.2 Å². The number of pyridine rings is 1. The van der Waals surface area contributed by atoms with Crippen LogP contribution < -0.4 is 5.32 Å². The molecule has 26 heavy (non-hydrogen) atoms. The number of thiophene rings is 1. The summed E-state index contributed by atoms with van der Waals surface area (Å²) in [4.78, 5) is 20.0. The molecule has 1 amide bonds. The van der Waals surface area contributed by atoms with Crippen molar-refractivity contribution in [1.82, 2.24) is 15.2 Å². The van der Waals surface area contributed by atoms with Gasteiger partial charge in [0.2, 0.25) is 0 Å². The van der Waals surface area contributed by atoms with Gasteiger partial charge in [0, 0.05) is 24.8 Å². The van der Waals surface area contributed by atoms with E-state index in [1.54, 1.807) is 23.6 Å². The van der Waals surface area contributed by atoms with Gasteiger partial charge >= 0.3 is 0 Å². The molecule has 0 fully saturated rings. The molecule has 2 aromatic heterocycles. The highest BCUT2D eigenvalue weighted by molar-refractivity contribution is 7.13. The van der Waals surface area contributed by atoms with Crippen molar-refractivity contribution < 1.29 is 4.79 Å². The van der Waals surface area contributed by atoms with Crippen LogP contribution in [0.25, 0.3) is 10.6 Å². The number of benzene rings is 1. The van der Waals surface area contributed by atoms with Gasteiger partial charge in [0.05, 0.1) is 10.6 Å². The molecule has 0 aliphatic rings. The Bertz CT molecular complexity index is 818. The molecule has 0 radical (unpaired) electrons. The quantitative estimate of drug-likeness (QED) is 0.612. The number of aromatic nitrogens is 1. The van der Waals surface area contributed by atoms with Crippen LogP contribution in [0.1, 0.15) is 22.3 Å². The molecule has 0 unspecified atom stereocenters. The van der Waals surface area contributed by atoms with Gasteiger partial charge < -0.3 is 10.2 Å². The van der Waals surface area contributed by atoms with Crippen LogP contribution in [-0.2, 0) is 6.54 Å². The summed E-state index contributed by atoms with van der Waals surface area (Å²) in [6, 6.07) is 18.0. The Hall–Kier alpha value is -2.50. The van der Waals surface area contributed by atoms with Crippen LogP contribution in [0.2, 0.25) is 0 Å². The van der Waals surface area contributed by atoms with Crippen molar-refractivity contribution in [3.8, 4) is 10.6 Å². The summed E-state index contributed by atoms with van der Waals surface area (Å²) in [5.74, 6) is -0.0454. The number of nitrogens with zero attached hydrogens (tertiary/aromatic N) is 2. The van der Waals surface area contributed by atoms with Gasteiger partial charge in [-0.25, -0.2) is 0 Å². The molecule has 0 saturated heterocycles. The van der Waals surface area contributed by atoms with Crippen LogP contribution in [0, 0.1) is 0 Å². The smallest absolute Gasteiger partial charge is 0.251 e. The Kier molecular flexibility index (Phi) is 6.52. The van der Waals surface area contributed by atoms with E-state index in [9.17, 15) is 4.79 Å². The first-order valence-electron chi connectivity index (χ1n) is 8.73. The number of hydrogen-bond donors (Lipinski definition) is 1. The van der Waals surface area contributed by atoms with Gasteiger partial charge in [-0.05, 0) is 49.2 Å². The largest absolute Gasteiger partial charge is 0.352 e. The third-order valence-electron chi connectivity index (χ3n) is 4.09. The average molecular weight is 366 g/mol. The van der Waals surface area contributed by atoms with E-state index >= 15 is 0 Å². The highest BCUT2D eigenvalue weighted by Crippen LogP contribution is 2.22. The zero-order chi connectivity index (χ0) is 18.2. The molecule has 3 aromatic rings. The Morgan fingerprint density at radius 1 is 1.15 bits per heavy atom. The summed E-state index contributed by atoms with van der Waals surface area (Å²) in [5.41, 5.74) is 2.80. The molecule has 4 nitrogen and oxygen atoms in total. The topological polar surface area (TPSA) is 45.2 Å². The summed E-state index contributed by atoms with van der Waals surface area (Å²) < 4.78 is 0. The second-order valence-corrected chi connectivity index (χ2v) is 7.19. The summed E-state index contributed by atoms with van der Waals surface area (Å²) in [6.45, 7) is 2.52. The van der Waals surface area contributed by atoms with Crippen molar-refractivity contribution in [3.63, 3.8) is 0 Å². The van der Waals surface area contributed by atoms with Gasteiger partial charge in [0.25, 0.3) is 5.91 Å². The van der Waals surface area contributed by atoms with Gasteiger partial charge in [-0.2, -0.15) is 0 Å². The number of carbonyl (C=O) groups excluding carboxylic acids is 1. The van der Waals surface area contributed by atoms with Gasteiger partial charge in [0.15, 0.2) is 0 Å². The van der Waals surface area contributed by atoms with Crippen molar-refractivity contribution in [2.75, 3.05) is 20.1 Å². The van der Waals surface area contributed by atoms with Crippen molar-refractivity contribution in [2.45, 2.75) is 13.0 Å². The van der Waals surface area contributed by atoms with Crippen LogP contribution in [0.3, 0.4) is 0 Å². The molecule has 134 valence electrons. The Balaban J connectivity index is 1.44. The standard InChI is InChI=1S/C21H23N3OS/c1-24(16-17-7-3-2-4-8-17)13-6-11-23-21(25)18-10-12-22-19(15-18)20-9-5-14-26-20/h2-5,7-10,12,14-15H,6,11,13,16H2,1H3,(H,23,25). The second kappa shape index (κ2) is 9.27. The number of carbonyl (C=O) groups is 1. The lowest BCUT2D eigenvalue weighted by molar-refractivity contribution is 0.0952. The number of nitrogens with one attached hydrogen (secondary N) is 1. The maximum Gasteiger partial charge on any atom is 0.251 e. The van der Waals surface area contributed by atoms with Crippen LogP contribution >= 0.6 is 11.3 Å². The zero-order valence-corrected chi connectivity index (χ0v) is 15.7. The summed E-state index contributed by atoms with van der Waals surface area (Å²) in [6.07, 6.45) is 2.61. The molecule has 1 N–H and O–H groups in total. The average Bonchev–Trinajstić information content (AvgIpc) is 3.21. The molecular formula is C21H23N3OS. The van der Waals surface area contributed by atoms with Gasteiger partial charge in [-0.3, -0.25) is 9.78 Å². The molecule has 2 heterocycles. The highest BCUT2D eigenvalue weighted by Gasteiger charge is 2.08. The number of hydrogen-bond acceptors (Lipinski definition) is 4. The summed E-state index contributed by atoms with van der Waals surface area (Å²) in [5, 5.41) is 5.01. The number of rotatable bonds is 8. The molecule has 0 aliphatic heterocycles. The summed E-state index contributed by atoms with van der Waals surface area (Å²) >= 11 is 1.62. The zero-order valence-electron chi connectivity index (χ0n) is 14.9. The third kappa shape index (κ3) is 5.25. The van der Waals surface area contributed by atoms with E-state index in [-0.39, 0.29) is 5.91 Å². The van der Waals surface area contributed by atoms with E-state index in [1.807, 2.05) is 29.6 Å². The fourth-order valence-electron chi connectivity index (χ4n) is 2.76. The van der Waals surface area contributed by atoms with Crippen LogP contribution in [0.5, 0.6) is 0 Å². The van der Waals surface area contributed by atoms with E-state index < -0.39 is 0 Å². The first-order valence-corrected chi connectivity index (χ1v) is 9.61. The monoisotopic (exact) mass is 365 g/mol. The lowest BCUT2D eigenvalue weighted by Crippen LogP contribution is -2.28. The number of amides is 1. The Morgan fingerprint density at radius 3 is 2.77 bits per heavy atom. The lowest BCUT2D eigenvalue weighted by Gasteiger charge is -2.16. The van der Waals surface area contributed by atoms with Gasteiger partial charge in [0.1, 0.15) is 0 Å². The minimum absolute atomic E-state index is 0.0454. The van der Waals surface area contributed by atoms with Gasteiger partial charge in [-0.1, -0.05) is 36.4 Å². The van der Waals surface area contributed by atoms with E-state index in [0.717, 1.165) is 30.1 Å². The first-order chi connectivity index (χ1) is 12.7. The van der Waals surface area contributed by atoms with E-state index in [2.05, 4.69) is 46.5 Å². The maximum absolute atomic E-state index is 12.4. The molecule has 0 saturated carbocycles. The summed E-state index contributed by atoms with van der Waals surface area (Å²) in [7, 11) is 2.10. The molecule has 0 aliphatic carbocycles. The fraction of sp³-hybridized carbons (Fsp3) is 0.238. The predicted octanol–water partition coefficient (Wildman–Crippen LogP) is 4.06. The van der Waals surface area contributed by atoms with E-state index in [1.165, 1.54) is 5.56 Å². The molecule has 5 heteroatoms. The molecule has 0 spiro atoms. The Labute approximate surface area is 158 Å². The van der Waals surface area contributed by atoms with Crippen molar-refractivity contribution in [3.05, 3.63) is 77.3 Å². The molecule has 1 aromatic carbocycles. The molecule has 0 bridgehead atoms. The second-order valence-electron chi connectivity index (χ2n) is 6.24.